The molecule has 0 spiro atoms. The van der Waals surface area contributed by atoms with Gasteiger partial charge in [0.1, 0.15) is 5.75 Å². The maximum atomic E-state index is 11.8. The molecule has 1 heterocycles. The van der Waals surface area contributed by atoms with Crippen LogP contribution >= 0.6 is 15.9 Å². The number of benzene rings is 1. The molecule has 1 unspecified atom stereocenters. The number of amides is 1. The first kappa shape index (κ1) is 12.4. The fraction of sp³-hybridized carbons (Fsp3) is 0.417. The maximum absolute atomic E-state index is 11.8. The first-order valence-corrected chi connectivity index (χ1v) is 6.34. The van der Waals surface area contributed by atoms with Gasteiger partial charge in [0.15, 0.2) is 0 Å². The molecule has 1 aromatic carbocycles. The van der Waals surface area contributed by atoms with Gasteiger partial charge in [0.25, 0.3) is 5.91 Å². The van der Waals surface area contributed by atoms with E-state index in [1.807, 2.05) is 0 Å². The fourth-order valence-corrected chi connectivity index (χ4v) is 2.01. The topological polar surface area (TPSA) is 58.6 Å². The van der Waals surface area contributed by atoms with Crippen LogP contribution in [0.4, 0.5) is 0 Å². The molecule has 17 heavy (non-hydrogen) atoms. The highest BCUT2D eigenvalue weighted by molar-refractivity contribution is 9.10. The summed E-state index contributed by atoms with van der Waals surface area (Å²) in [5.74, 6) is -0.127. The van der Waals surface area contributed by atoms with Gasteiger partial charge in [0.2, 0.25) is 0 Å². The number of ether oxygens (including phenoxy) is 1. The number of halogens is 1. The number of phenols is 1. The number of rotatable bonds is 3. The lowest BCUT2D eigenvalue weighted by Crippen LogP contribution is -2.31. The van der Waals surface area contributed by atoms with Gasteiger partial charge in [-0.05, 0) is 47.0 Å². The first-order chi connectivity index (χ1) is 8.16. The van der Waals surface area contributed by atoms with Crippen LogP contribution in [0.3, 0.4) is 0 Å². The molecule has 4 nitrogen and oxygen atoms in total. The second kappa shape index (κ2) is 5.51. The van der Waals surface area contributed by atoms with Crippen molar-refractivity contribution in [1.29, 1.82) is 0 Å². The molecule has 1 aliphatic heterocycles. The lowest BCUT2D eigenvalue weighted by Gasteiger charge is -2.11. The van der Waals surface area contributed by atoms with Gasteiger partial charge in [0.05, 0.1) is 10.6 Å². The minimum absolute atomic E-state index is 0.0646. The first-order valence-electron chi connectivity index (χ1n) is 5.55. The number of aromatic hydroxyl groups is 1. The SMILES string of the molecule is O=C(NCC1CCCO1)c1ccc(Br)c(O)c1. The van der Waals surface area contributed by atoms with Gasteiger partial charge >= 0.3 is 0 Å². The molecule has 0 saturated carbocycles. The van der Waals surface area contributed by atoms with Crippen LogP contribution in [0.25, 0.3) is 0 Å². The van der Waals surface area contributed by atoms with Gasteiger partial charge < -0.3 is 15.2 Å². The Labute approximate surface area is 108 Å². The van der Waals surface area contributed by atoms with Crippen molar-refractivity contribution >= 4 is 21.8 Å². The lowest BCUT2D eigenvalue weighted by atomic mass is 10.2. The summed E-state index contributed by atoms with van der Waals surface area (Å²) < 4.78 is 5.99. The van der Waals surface area contributed by atoms with Gasteiger partial charge in [-0.25, -0.2) is 0 Å². The van der Waals surface area contributed by atoms with Crippen molar-refractivity contribution in [1.82, 2.24) is 5.32 Å². The van der Waals surface area contributed by atoms with Crippen LogP contribution in [-0.4, -0.2) is 30.3 Å². The van der Waals surface area contributed by atoms with Crippen molar-refractivity contribution in [3.8, 4) is 5.75 Å². The normalized spacial score (nSPS) is 19.2. The third kappa shape index (κ3) is 3.20. The molecule has 2 rings (SSSR count). The van der Waals surface area contributed by atoms with E-state index < -0.39 is 0 Å². The fourth-order valence-electron chi connectivity index (χ4n) is 1.77. The van der Waals surface area contributed by atoms with Crippen LogP contribution < -0.4 is 5.32 Å². The highest BCUT2D eigenvalue weighted by Gasteiger charge is 2.16. The van der Waals surface area contributed by atoms with E-state index in [0.29, 0.717) is 16.6 Å². The quantitative estimate of drug-likeness (QED) is 0.898. The van der Waals surface area contributed by atoms with Gasteiger partial charge in [-0.3, -0.25) is 4.79 Å². The van der Waals surface area contributed by atoms with Crippen molar-refractivity contribution < 1.29 is 14.6 Å². The molecule has 1 aliphatic rings. The molecule has 0 bridgehead atoms. The minimum atomic E-state index is -0.191. The van der Waals surface area contributed by atoms with Crippen LogP contribution in [0.15, 0.2) is 22.7 Å². The Kier molecular flexibility index (Phi) is 4.02. The van der Waals surface area contributed by atoms with Crippen LogP contribution in [0, 0.1) is 0 Å². The Morgan fingerprint density at radius 3 is 3.06 bits per heavy atom. The zero-order chi connectivity index (χ0) is 12.3. The summed E-state index contributed by atoms with van der Waals surface area (Å²) in [5.41, 5.74) is 0.448. The zero-order valence-electron chi connectivity index (χ0n) is 9.28. The summed E-state index contributed by atoms with van der Waals surface area (Å²) in [6, 6.07) is 4.75. The highest BCUT2D eigenvalue weighted by Crippen LogP contribution is 2.24. The van der Waals surface area contributed by atoms with E-state index in [9.17, 15) is 9.90 Å². The van der Waals surface area contributed by atoms with E-state index in [4.69, 9.17) is 4.74 Å². The zero-order valence-corrected chi connectivity index (χ0v) is 10.9. The molecule has 1 atom stereocenters. The summed E-state index contributed by atoms with van der Waals surface area (Å²) in [6.45, 7) is 1.30. The third-order valence-electron chi connectivity index (χ3n) is 2.72. The van der Waals surface area contributed by atoms with E-state index in [1.54, 1.807) is 12.1 Å². The van der Waals surface area contributed by atoms with E-state index in [1.165, 1.54) is 6.07 Å². The monoisotopic (exact) mass is 299 g/mol. The molecule has 1 fully saturated rings. The van der Waals surface area contributed by atoms with Crippen LogP contribution in [-0.2, 0) is 4.74 Å². The molecule has 0 aromatic heterocycles. The standard InChI is InChI=1S/C12H14BrNO3/c13-10-4-3-8(6-11(10)15)12(16)14-7-9-2-1-5-17-9/h3-4,6,9,15H,1-2,5,7H2,(H,14,16). The number of hydrogen-bond donors (Lipinski definition) is 2. The Bertz CT molecular complexity index is 416. The van der Waals surface area contributed by atoms with Crippen molar-refractivity contribution in [2.75, 3.05) is 13.2 Å². The number of hydrogen-bond acceptors (Lipinski definition) is 3. The molecule has 1 saturated heterocycles. The summed E-state index contributed by atoms with van der Waals surface area (Å²) in [4.78, 5) is 11.8. The Morgan fingerprint density at radius 1 is 1.59 bits per heavy atom. The van der Waals surface area contributed by atoms with Gasteiger partial charge in [-0.1, -0.05) is 0 Å². The predicted molar refractivity (Wildman–Crippen MR) is 67.1 cm³/mol. The summed E-state index contributed by atoms with van der Waals surface area (Å²) >= 11 is 3.17. The highest BCUT2D eigenvalue weighted by atomic mass is 79.9. The Morgan fingerprint density at radius 2 is 2.41 bits per heavy atom. The number of nitrogens with one attached hydrogen (secondary N) is 1. The van der Waals surface area contributed by atoms with Crippen molar-refractivity contribution in [3.05, 3.63) is 28.2 Å². The molecule has 1 amide bonds. The molecule has 0 aliphatic carbocycles. The molecule has 2 N–H and O–H groups in total. The van der Waals surface area contributed by atoms with E-state index in [-0.39, 0.29) is 17.8 Å². The Hall–Kier alpha value is -1.07. The smallest absolute Gasteiger partial charge is 0.251 e. The summed E-state index contributed by atoms with van der Waals surface area (Å²) in [5, 5.41) is 12.3. The second-order valence-electron chi connectivity index (χ2n) is 4.01. The van der Waals surface area contributed by atoms with Gasteiger partial charge in [0, 0.05) is 18.7 Å². The summed E-state index contributed by atoms with van der Waals surface area (Å²) in [6.07, 6.45) is 2.17. The third-order valence-corrected chi connectivity index (χ3v) is 3.39. The minimum Gasteiger partial charge on any atom is -0.507 e. The van der Waals surface area contributed by atoms with Crippen LogP contribution in [0.2, 0.25) is 0 Å². The molecular formula is C12H14BrNO3. The van der Waals surface area contributed by atoms with Crippen LogP contribution in [0.1, 0.15) is 23.2 Å². The van der Waals surface area contributed by atoms with Crippen molar-refractivity contribution in [2.45, 2.75) is 18.9 Å². The Balaban J connectivity index is 1.92. The number of carbonyl (C=O) groups is 1. The van der Waals surface area contributed by atoms with Crippen molar-refractivity contribution in [3.63, 3.8) is 0 Å². The summed E-state index contributed by atoms with van der Waals surface area (Å²) in [7, 11) is 0. The van der Waals surface area contributed by atoms with Crippen LogP contribution in [0.5, 0.6) is 5.75 Å². The predicted octanol–water partition coefficient (Wildman–Crippen LogP) is 2.06. The average Bonchev–Trinajstić information content (AvgIpc) is 2.82. The molecule has 92 valence electrons. The largest absolute Gasteiger partial charge is 0.507 e. The molecule has 1 aromatic rings. The number of carbonyl (C=O) groups excluding carboxylic acids is 1. The lowest BCUT2D eigenvalue weighted by molar-refractivity contribution is 0.0857. The molecule has 5 heteroatoms. The van der Waals surface area contributed by atoms with Gasteiger partial charge in [-0.15, -0.1) is 0 Å². The maximum Gasteiger partial charge on any atom is 0.251 e. The molecular weight excluding hydrogens is 286 g/mol. The van der Waals surface area contributed by atoms with Crippen molar-refractivity contribution in [2.24, 2.45) is 0 Å². The van der Waals surface area contributed by atoms with E-state index >= 15 is 0 Å². The average molecular weight is 300 g/mol. The van der Waals surface area contributed by atoms with E-state index in [0.717, 1.165) is 19.4 Å². The molecule has 0 radical (unpaired) electrons. The van der Waals surface area contributed by atoms with Gasteiger partial charge in [-0.2, -0.15) is 0 Å². The second-order valence-corrected chi connectivity index (χ2v) is 4.87. The number of phenolic OH excluding ortho intramolecular Hbond substituents is 1. The van der Waals surface area contributed by atoms with E-state index in [2.05, 4.69) is 21.2 Å².